The maximum atomic E-state index is 12.5. The largest absolute Gasteiger partial charge is 0.399 e. The summed E-state index contributed by atoms with van der Waals surface area (Å²) in [6.07, 6.45) is 0.367. The highest BCUT2D eigenvalue weighted by atomic mass is 16.2. The molecule has 0 aromatic heterocycles. The van der Waals surface area contributed by atoms with Crippen molar-refractivity contribution in [2.75, 3.05) is 31.9 Å². The highest BCUT2D eigenvalue weighted by Gasteiger charge is 2.24. The molecule has 0 saturated carbocycles. The molecule has 5 nitrogen and oxygen atoms in total. The zero-order valence-electron chi connectivity index (χ0n) is 14.4. The molecule has 130 valence electrons. The van der Waals surface area contributed by atoms with Gasteiger partial charge in [-0.2, -0.15) is 0 Å². The fraction of sp³-hybridized carbons (Fsp3) is 0.300. The van der Waals surface area contributed by atoms with Gasteiger partial charge >= 0.3 is 0 Å². The molecule has 1 heterocycles. The Kier molecular flexibility index (Phi) is 5.03. The minimum atomic E-state index is 0.0330. The number of benzene rings is 2. The van der Waals surface area contributed by atoms with Crippen LogP contribution in [-0.4, -0.2) is 47.8 Å². The van der Waals surface area contributed by atoms with Gasteiger partial charge in [-0.25, -0.2) is 0 Å². The molecule has 2 N–H and O–H groups in total. The summed E-state index contributed by atoms with van der Waals surface area (Å²) in [6.45, 7) is 4.29. The number of nitrogen functional groups attached to an aromatic ring is 1. The Labute approximate surface area is 148 Å². The summed E-state index contributed by atoms with van der Waals surface area (Å²) >= 11 is 0. The number of piperazine rings is 1. The summed E-state index contributed by atoms with van der Waals surface area (Å²) in [4.78, 5) is 28.6. The van der Waals surface area contributed by atoms with Crippen LogP contribution >= 0.6 is 0 Å². The standard InChI is InChI=1S/C20H23N3O2/c1-15-2-6-17(7-3-15)20(25)23-12-10-22(11-13-23)19(24)14-16-4-8-18(21)9-5-16/h2-9H,10-14,21H2,1H3. The van der Waals surface area contributed by atoms with Crippen LogP contribution in [0.2, 0.25) is 0 Å². The maximum absolute atomic E-state index is 12.5. The summed E-state index contributed by atoms with van der Waals surface area (Å²) in [5.74, 6) is 0.123. The van der Waals surface area contributed by atoms with E-state index in [-0.39, 0.29) is 11.8 Å². The number of nitrogens with zero attached hydrogens (tertiary/aromatic N) is 2. The average Bonchev–Trinajstić information content (AvgIpc) is 2.64. The van der Waals surface area contributed by atoms with Crippen molar-refractivity contribution in [3.8, 4) is 0 Å². The number of aryl methyl sites for hydroxylation is 1. The first-order chi connectivity index (χ1) is 12.0. The van der Waals surface area contributed by atoms with E-state index in [1.54, 1.807) is 12.1 Å². The van der Waals surface area contributed by atoms with E-state index in [0.29, 0.717) is 43.9 Å². The lowest BCUT2D eigenvalue weighted by Crippen LogP contribution is -2.51. The van der Waals surface area contributed by atoms with E-state index in [1.807, 2.05) is 53.1 Å². The molecule has 2 aromatic rings. The second-order valence-corrected chi connectivity index (χ2v) is 6.46. The van der Waals surface area contributed by atoms with Crippen molar-refractivity contribution in [2.24, 2.45) is 0 Å². The first-order valence-corrected chi connectivity index (χ1v) is 8.51. The topological polar surface area (TPSA) is 66.6 Å². The summed E-state index contributed by atoms with van der Waals surface area (Å²) in [7, 11) is 0. The van der Waals surface area contributed by atoms with Gasteiger partial charge in [-0.3, -0.25) is 9.59 Å². The molecule has 1 fully saturated rings. The van der Waals surface area contributed by atoms with E-state index in [2.05, 4.69) is 0 Å². The lowest BCUT2D eigenvalue weighted by molar-refractivity contribution is -0.131. The smallest absolute Gasteiger partial charge is 0.253 e. The summed E-state index contributed by atoms with van der Waals surface area (Å²) in [5, 5.41) is 0. The third kappa shape index (κ3) is 4.18. The Bertz CT molecular complexity index is 746. The zero-order chi connectivity index (χ0) is 17.8. The predicted octanol–water partition coefficient (Wildman–Crippen LogP) is 2.10. The van der Waals surface area contributed by atoms with E-state index in [9.17, 15) is 9.59 Å². The van der Waals surface area contributed by atoms with E-state index in [4.69, 9.17) is 5.73 Å². The molecule has 5 heteroatoms. The van der Waals surface area contributed by atoms with Crippen LogP contribution in [-0.2, 0) is 11.2 Å². The monoisotopic (exact) mass is 337 g/mol. The molecule has 2 amide bonds. The number of amides is 2. The van der Waals surface area contributed by atoms with Crippen molar-refractivity contribution in [3.05, 3.63) is 65.2 Å². The van der Waals surface area contributed by atoms with Gasteiger partial charge in [0.15, 0.2) is 0 Å². The van der Waals surface area contributed by atoms with Crippen molar-refractivity contribution in [3.63, 3.8) is 0 Å². The normalized spacial score (nSPS) is 14.4. The Balaban J connectivity index is 1.54. The van der Waals surface area contributed by atoms with Gasteiger partial charge in [-0.1, -0.05) is 29.8 Å². The van der Waals surface area contributed by atoms with Crippen LogP contribution in [0.15, 0.2) is 48.5 Å². The SMILES string of the molecule is Cc1ccc(C(=O)N2CCN(C(=O)Cc3ccc(N)cc3)CC2)cc1. The number of carbonyl (C=O) groups excluding carboxylic acids is 2. The van der Waals surface area contributed by atoms with Crippen molar-refractivity contribution >= 4 is 17.5 Å². The molecule has 0 atom stereocenters. The van der Waals surface area contributed by atoms with Crippen LogP contribution in [0.3, 0.4) is 0 Å². The first-order valence-electron chi connectivity index (χ1n) is 8.51. The van der Waals surface area contributed by atoms with Crippen molar-refractivity contribution in [1.82, 2.24) is 9.80 Å². The first kappa shape index (κ1) is 17.0. The lowest BCUT2D eigenvalue weighted by atomic mass is 10.1. The number of carbonyl (C=O) groups is 2. The summed E-state index contributed by atoms with van der Waals surface area (Å²) < 4.78 is 0. The van der Waals surface area contributed by atoms with Crippen molar-refractivity contribution in [2.45, 2.75) is 13.3 Å². The quantitative estimate of drug-likeness (QED) is 0.872. The Morgan fingerprint density at radius 2 is 1.44 bits per heavy atom. The molecule has 2 aromatic carbocycles. The molecule has 3 rings (SSSR count). The molecule has 25 heavy (non-hydrogen) atoms. The number of nitrogens with two attached hydrogens (primary N) is 1. The number of hydrogen-bond donors (Lipinski definition) is 1. The molecule has 0 radical (unpaired) electrons. The van der Waals surface area contributed by atoms with Crippen LogP contribution < -0.4 is 5.73 Å². The highest BCUT2D eigenvalue weighted by molar-refractivity contribution is 5.94. The zero-order valence-corrected chi connectivity index (χ0v) is 14.4. The minimum Gasteiger partial charge on any atom is -0.399 e. The highest BCUT2D eigenvalue weighted by Crippen LogP contribution is 2.12. The average molecular weight is 337 g/mol. The number of hydrogen-bond acceptors (Lipinski definition) is 3. The predicted molar refractivity (Wildman–Crippen MR) is 98.2 cm³/mol. The summed E-state index contributed by atoms with van der Waals surface area (Å²) in [6, 6.07) is 15.0. The van der Waals surface area contributed by atoms with Gasteiger partial charge in [0.05, 0.1) is 6.42 Å². The molecule has 1 saturated heterocycles. The fourth-order valence-corrected chi connectivity index (χ4v) is 2.96. The minimum absolute atomic E-state index is 0.0330. The lowest BCUT2D eigenvalue weighted by Gasteiger charge is -2.35. The van der Waals surface area contributed by atoms with Crippen LogP contribution in [0.25, 0.3) is 0 Å². The van der Waals surface area contributed by atoms with Crippen molar-refractivity contribution < 1.29 is 9.59 Å². The maximum Gasteiger partial charge on any atom is 0.253 e. The van der Waals surface area contributed by atoms with Crippen molar-refractivity contribution in [1.29, 1.82) is 0 Å². The molecule has 0 unspecified atom stereocenters. The van der Waals surface area contributed by atoms with Crippen LogP contribution in [0.4, 0.5) is 5.69 Å². The molecule has 1 aliphatic rings. The van der Waals surface area contributed by atoms with E-state index >= 15 is 0 Å². The molecule has 0 aliphatic carbocycles. The third-order valence-electron chi connectivity index (χ3n) is 4.55. The Morgan fingerprint density at radius 1 is 0.880 bits per heavy atom. The number of rotatable bonds is 3. The second kappa shape index (κ2) is 7.38. The van der Waals surface area contributed by atoms with Crippen LogP contribution in [0.1, 0.15) is 21.5 Å². The van der Waals surface area contributed by atoms with E-state index in [1.165, 1.54) is 0 Å². The molecule has 0 bridgehead atoms. The summed E-state index contributed by atoms with van der Waals surface area (Å²) in [5.41, 5.74) is 9.15. The van der Waals surface area contributed by atoms with Gasteiger partial charge in [0.2, 0.25) is 5.91 Å². The van der Waals surface area contributed by atoms with Gasteiger partial charge in [0.25, 0.3) is 5.91 Å². The fourth-order valence-electron chi connectivity index (χ4n) is 2.96. The van der Waals surface area contributed by atoms with Gasteiger partial charge in [-0.15, -0.1) is 0 Å². The van der Waals surface area contributed by atoms with E-state index in [0.717, 1.165) is 11.1 Å². The number of anilines is 1. The van der Waals surface area contributed by atoms with Gasteiger partial charge < -0.3 is 15.5 Å². The second-order valence-electron chi connectivity index (χ2n) is 6.46. The van der Waals surface area contributed by atoms with Gasteiger partial charge in [-0.05, 0) is 36.8 Å². The molecular formula is C20H23N3O2. The Morgan fingerprint density at radius 3 is 2.04 bits per heavy atom. The third-order valence-corrected chi connectivity index (χ3v) is 4.55. The molecular weight excluding hydrogens is 314 g/mol. The van der Waals surface area contributed by atoms with Crippen LogP contribution in [0, 0.1) is 6.92 Å². The van der Waals surface area contributed by atoms with Gasteiger partial charge in [0, 0.05) is 37.4 Å². The van der Waals surface area contributed by atoms with E-state index < -0.39 is 0 Å². The molecule has 0 spiro atoms. The molecule has 1 aliphatic heterocycles. The van der Waals surface area contributed by atoms with Gasteiger partial charge in [0.1, 0.15) is 0 Å². The van der Waals surface area contributed by atoms with Crippen LogP contribution in [0.5, 0.6) is 0 Å². The Hall–Kier alpha value is -2.82.